The molecule has 288 valence electrons. The van der Waals surface area contributed by atoms with Gasteiger partial charge in [-0.3, -0.25) is 14.4 Å². The molecule has 0 aromatic rings. The van der Waals surface area contributed by atoms with E-state index in [1.165, 1.54) is 6.92 Å². The number of rotatable bonds is 10. The van der Waals surface area contributed by atoms with E-state index in [9.17, 15) is 19.5 Å². The summed E-state index contributed by atoms with van der Waals surface area (Å²) in [6, 6.07) is -1.36. The number of hydrogen-bond acceptors (Lipinski definition) is 13. The highest BCUT2D eigenvalue weighted by Crippen LogP contribution is 2.37. The monoisotopic (exact) mass is 711 g/mol. The first-order chi connectivity index (χ1) is 23.3. The number of hydrogen-bond donors (Lipinski definition) is 4. The lowest BCUT2D eigenvalue weighted by molar-refractivity contribution is -0.298. The van der Waals surface area contributed by atoms with E-state index in [1.807, 2.05) is 46.7 Å². The summed E-state index contributed by atoms with van der Waals surface area (Å²) in [5, 5.41) is 18.0. The van der Waals surface area contributed by atoms with Crippen molar-refractivity contribution < 1.29 is 43.2 Å². The average Bonchev–Trinajstić information content (AvgIpc) is 3.07. The number of Topliss-reactive ketones (excluding diaryl/α,β-unsaturated/α-hetero) is 1. The summed E-state index contributed by atoms with van der Waals surface area (Å²) in [7, 11) is 8.67. The number of ether oxygens (including phenoxy) is 5. The molecule has 14 nitrogen and oxygen atoms in total. The molecule has 50 heavy (non-hydrogen) atoms. The molecule has 2 aliphatic heterocycles. The van der Waals surface area contributed by atoms with Crippen LogP contribution in [0.5, 0.6) is 0 Å². The van der Waals surface area contributed by atoms with Gasteiger partial charge in [-0.2, -0.15) is 0 Å². The zero-order chi connectivity index (χ0) is 38.1. The minimum atomic E-state index is -1.25. The number of terminal acetylenes is 1. The molecule has 0 aromatic carbocycles. The Morgan fingerprint density at radius 1 is 1.20 bits per heavy atom. The van der Waals surface area contributed by atoms with Gasteiger partial charge >= 0.3 is 5.97 Å². The zero-order valence-electron chi connectivity index (χ0n) is 32.4. The van der Waals surface area contributed by atoms with E-state index in [1.54, 1.807) is 40.0 Å². The van der Waals surface area contributed by atoms with E-state index < -0.39 is 71.5 Å². The van der Waals surface area contributed by atoms with Crippen LogP contribution in [0.15, 0.2) is 0 Å². The fourth-order valence-corrected chi connectivity index (χ4v) is 7.36. The summed E-state index contributed by atoms with van der Waals surface area (Å²) in [5.74, 6) is -3.40. The number of likely N-dealkylation sites (N-methyl/N-ethyl adjacent to an activating group) is 3. The Kier molecular flexibility index (Phi) is 16.6. The maximum atomic E-state index is 14.2. The largest absolute Gasteiger partial charge is 0.457 e. The van der Waals surface area contributed by atoms with Gasteiger partial charge in [0, 0.05) is 38.7 Å². The van der Waals surface area contributed by atoms with Crippen molar-refractivity contribution in [2.45, 2.75) is 128 Å². The summed E-state index contributed by atoms with van der Waals surface area (Å²) in [5.41, 5.74) is 4.40. The number of esters is 1. The van der Waals surface area contributed by atoms with Crippen LogP contribution in [-0.2, 0) is 38.1 Å². The first kappa shape index (κ1) is 43.8. The van der Waals surface area contributed by atoms with Crippen LogP contribution >= 0.6 is 0 Å². The molecule has 1 amide bonds. The fourth-order valence-electron chi connectivity index (χ4n) is 7.36. The Bertz CT molecular complexity index is 1170. The second-order valence-electron chi connectivity index (χ2n) is 14.9. The lowest BCUT2D eigenvalue weighted by Crippen LogP contribution is -2.63. The number of nitrogens with one attached hydrogen (secondary N) is 2. The average molecular weight is 712 g/mol. The van der Waals surface area contributed by atoms with Gasteiger partial charge in [-0.15, -0.1) is 0 Å². The number of cyclic esters (lactones) is 1. The maximum absolute atomic E-state index is 14.2. The molecule has 2 saturated heterocycles. The van der Waals surface area contributed by atoms with E-state index in [0.29, 0.717) is 25.8 Å². The van der Waals surface area contributed by atoms with Gasteiger partial charge in [0.15, 0.2) is 17.7 Å². The van der Waals surface area contributed by atoms with Gasteiger partial charge in [0.25, 0.3) is 0 Å². The minimum absolute atomic E-state index is 0.0171. The van der Waals surface area contributed by atoms with Crippen LogP contribution in [0, 0.1) is 30.3 Å². The van der Waals surface area contributed by atoms with E-state index in [4.69, 9.17) is 35.8 Å². The van der Waals surface area contributed by atoms with Crippen molar-refractivity contribution in [2.24, 2.45) is 23.5 Å². The van der Waals surface area contributed by atoms with E-state index >= 15 is 0 Å². The number of carbonyl (C=O) groups excluding carboxylic acids is 3. The molecule has 0 aliphatic carbocycles. The van der Waals surface area contributed by atoms with E-state index in [-0.39, 0.29) is 37.0 Å². The maximum Gasteiger partial charge on any atom is 0.316 e. The second-order valence-corrected chi connectivity index (χ2v) is 14.9. The lowest BCUT2D eigenvalue weighted by atomic mass is 9.78. The van der Waals surface area contributed by atoms with Crippen LogP contribution in [-0.4, -0.2) is 148 Å². The normalized spacial score (nSPS) is 39.5. The number of aliphatic hydroxyl groups excluding tert-OH is 1. The Morgan fingerprint density at radius 3 is 2.38 bits per heavy atom. The third kappa shape index (κ3) is 10.4. The van der Waals surface area contributed by atoms with Crippen LogP contribution in [0.3, 0.4) is 0 Å². The van der Waals surface area contributed by atoms with Gasteiger partial charge in [0.05, 0.1) is 30.4 Å². The summed E-state index contributed by atoms with van der Waals surface area (Å²) in [6.07, 6.45) is 4.47. The van der Waals surface area contributed by atoms with Crippen molar-refractivity contribution >= 4 is 17.7 Å². The Hall–Kier alpha value is -2.35. The molecule has 2 fully saturated rings. The Balaban J connectivity index is 2.59. The highest BCUT2D eigenvalue weighted by atomic mass is 16.7. The number of nitrogens with two attached hydrogens (primary N) is 1. The smallest absolute Gasteiger partial charge is 0.316 e. The van der Waals surface area contributed by atoms with Crippen LogP contribution in [0.4, 0.5) is 0 Å². The van der Waals surface area contributed by atoms with Crippen molar-refractivity contribution in [1.29, 1.82) is 0 Å². The number of nitrogens with zero attached hydrogens (tertiary/aromatic N) is 2. The molecule has 0 spiro atoms. The molecule has 5 N–H and O–H groups in total. The third-order valence-corrected chi connectivity index (χ3v) is 10.7. The summed E-state index contributed by atoms with van der Waals surface area (Å²) >= 11 is 0. The molecule has 14 heteroatoms. The van der Waals surface area contributed by atoms with Crippen LogP contribution in [0.2, 0.25) is 0 Å². The van der Waals surface area contributed by atoms with Crippen molar-refractivity contribution in [2.75, 3.05) is 54.9 Å². The zero-order valence-corrected chi connectivity index (χ0v) is 32.4. The molecule has 0 aromatic heterocycles. The van der Waals surface area contributed by atoms with Gasteiger partial charge in [-0.1, -0.05) is 27.2 Å². The molecule has 0 saturated carbocycles. The van der Waals surface area contributed by atoms with Crippen molar-refractivity contribution in [3.8, 4) is 12.5 Å². The summed E-state index contributed by atoms with van der Waals surface area (Å²) in [6.45, 7) is 13.5. The molecule has 0 radical (unpaired) electrons. The number of aliphatic hydroxyl groups is 1. The molecule has 2 aliphatic rings. The minimum Gasteiger partial charge on any atom is -0.457 e. The number of carbonyl (C=O) groups is 3. The van der Waals surface area contributed by atoms with Crippen LogP contribution < -0.4 is 16.4 Å². The van der Waals surface area contributed by atoms with Crippen molar-refractivity contribution in [3.63, 3.8) is 0 Å². The quantitative estimate of drug-likeness (QED) is 0.142. The number of amides is 1. The second kappa shape index (κ2) is 18.9. The van der Waals surface area contributed by atoms with Gasteiger partial charge in [0.2, 0.25) is 5.91 Å². The Labute approximate surface area is 299 Å². The third-order valence-electron chi connectivity index (χ3n) is 10.7. The number of ketones is 1. The Morgan fingerprint density at radius 2 is 1.84 bits per heavy atom. The molecule has 2 rings (SSSR count). The fraction of sp³-hybridized carbons (Fsp3) is 0.861. The van der Waals surface area contributed by atoms with E-state index in [0.717, 1.165) is 0 Å². The van der Waals surface area contributed by atoms with Gasteiger partial charge in [-0.25, -0.2) is 0 Å². The van der Waals surface area contributed by atoms with Crippen LogP contribution in [0.1, 0.15) is 67.7 Å². The predicted octanol–water partition coefficient (Wildman–Crippen LogP) is 0.735. The summed E-state index contributed by atoms with van der Waals surface area (Å²) in [4.78, 5) is 44.0. The van der Waals surface area contributed by atoms with E-state index in [2.05, 4.69) is 16.7 Å². The standard InChI is InChI=1S/C36H65N5O9/c1-14-27-36(8,47-15-2)31(37)24(6)39-18-21(3)17-35(7,46-13)32(22(4)29(43)23(5)33(45)49-27)50-34-30(44)26(40(10)11)16-25(48-34)20-41(12)28(42)19-38-9/h2,21-27,30-32,34,38-39,44H,14,16-20,37H2,1,3-13H3/t21-,22+,23?,24-,25+,26+,27-,30-,31-,32-,34+,35-,36-/m1/s1. The molecular weight excluding hydrogens is 646 g/mol. The SMILES string of the molecule is C#CO[C@@]1(C)[C@H](N)[C@@H](C)NC[C@H](C)C[C@@](C)(OC)[C@H](O[C@@H]2O[C@H](CN(C)C(=O)CNC)C[C@H](N(C)C)[C@H]2O)[C@@H](C)C(=O)C(C)C(=O)O[C@@H]1CC. The topological polar surface area (TPSA) is 174 Å². The van der Waals surface area contributed by atoms with Gasteiger partial charge < -0.3 is 55.0 Å². The molecule has 2 heterocycles. The lowest BCUT2D eigenvalue weighted by Gasteiger charge is -2.47. The van der Waals surface area contributed by atoms with Crippen molar-refractivity contribution in [1.82, 2.24) is 20.4 Å². The molecular formula is C36H65N5O9. The molecule has 1 unspecified atom stereocenters. The molecule has 0 bridgehead atoms. The molecule has 13 atom stereocenters. The highest BCUT2D eigenvalue weighted by Gasteiger charge is 2.51. The predicted molar refractivity (Wildman–Crippen MR) is 190 cm³/mol. The summed E-state index contributed by atoms with van der Waals surface area (Å²) < 4.78 is 31.0. The first-order valence-corrected chi connectivity index (χ1v) is 17.8. The first-order valence-electron chi connectivity index (χ1n) is 17.8. The number of methoxy groups -OCH3 is 1. The highest BCUT2D eigenvalue weighted by molar-refractivity contribution is 6.00. The van der Waals surface area contributed by atoms with Gasteiger partial charge in [-0.05, 0) is 80.6 Å². The van der Waals surface area contributed by atoms with Gasteiger partial charge in [0.1, 0.15) is 24.2 Å². The van der Waals surface area contributed by atoms with Crippen LogP contribution in [0.25, 0.3) is 0 Å². The van der Waals surface area contributed by atoms with Crippen molar-refractivity contribution in [3.05, 3.63) is 0 Å².